The van der Waals surface area contributed by atoms with Crippen LogP contribution >= 0.6 is 0 Å². The molecule has 2 heterocycles. The van der Waals surface area contributed by atoms with E-state index in [0.29, 0.717) is 12.4 Å². The summed E-state index contributed by atoms with van der Waals surface area (Å²) in [6, 6.07) is 3.80. The minimum Gasteiger partial charge on any atom is -0.352 e. The minimum atomic E-state index is 0.109. The minimum absolute atomic E-state index is 0.109. The fourth-order valence-electron chi connectivity index (χ4n) is 2.35. The predicted octanol–water partition coefficient (Wildman–Crippen LogP) is 1.63. The second kappa shape index (κ2) is 6.30. The Morgan fingerprint density at radius 1 is 1.38 bits per heavy atom. The van der Waals surface area contributed by atoms with Crippen LogP contribution in [-0.2, 0) is 11.3 Å². The van der Waals surface area contributed by atoms with Crippen LogP contribution in [0.15, 0.2) is 43.1 Å². The van der Waals surface area contributed by atoms with Crippen molar-refractivity contribution < 1.29 is 4.79 Å². The van der Waals surface area contributed by atoms with Crippen molar-refractivity contribution in [2.75, 3.05) is 0 Å². The first-order valence-electron chi connectivity index (χ1n) is 7.05. The number of allylic oxidation sites excluding steroid dienone is 2. The first-order valence-corrected chi connectivity index (χ1v) is 7.05. The molecule has 1 unspecified atom stereocenters. The molecule has 108 valence electrons. The van der Waals surface area contributed by atoms with Crippen LogP contribution in [0.2, 0.25) is 0 Å². The molecule has 1 aliphatic carbocycles. The number of aromatic nitrogens is 4. The molecule has 3 rings (SSSR count). The van der Waals surface area contributed by atoms with E-state index in [1.807, 2.05) is 12.1 Å². The zero-order valence-electron chi connectivity index (χ0n) is 11.6. The SMILES string of the molecule is O=C(NCc1ccc(-n2cncn2)nc1)C1CC=CCC1. The van der Waals surface area contributed by atoms with Crippen LogP contribution in [0.4, 0.5) is 0 Å². The van der Waals surface area contributed by atoms with E-state index < -0.39 is 0 Å². The van der Waals surface area contributed by atoms with Crippen molar-refractivity contribution in [3.05, 3.63) is 48.7 Å². The van der Waals surface area contributed by atoms with Crippen molar-refractivity contribution in [1.82, 2.24) is 25.1 Å². The molecule has 0 aromatic carbocycles. The third-order valence-corrected chi connectivity index (χ3v) is 3.57. The van der Waals surface area contributed by atoms with Crippen LogP contribution < -0.4 is 5.32 Å². The van der Waals surface area contributed by atoms with Crippen molar-refractivity contribution in [3.63, 3.8) is 0 Å². The second-order valence-corrected chi connectivity index (χ2v) is 5.06. The Morgan fingerprint density at radius 2 is 2.33 bits per heavy atom. The number of hydrogen-bond donors (Lipinski definition) is 1. The Balaban J connectivity index is 1.56. The van der Waals surface area contributed by atoms with Crippen molar-refractivity contribution >= 4 is 5.91 Å². The summed E-state index contributed by atoms with van der Waals surface area (Å²) in [5.74, 6) is 0.942. The lowest BCUT2D eigenvalue weighted by Crippen LogP contribution is -2.30. The molecule has 0 spiro atoms. The Bertz CT molecular complexity index is 618. The second-order valence-electron chi connectivity index (χ2n) is 5.06. The molecule has 1 N–H and O–H groups in total. The third kappa shape index (κ3) is 3.34. The summed E-state index contributed by atoms with van der Waals surface area (Å²) in [4.78, 5) is 20.2. The van der Waals surface area contributed by atoms with Crippen molar-refractivity contribution in [2.24, 2.45) is 5.92 Å². The third-order valence-electron chi connectivity index (χ3n) is 3.57. The van der Waals surface area contributed by atoms with Gasteiger partial charge < -0.3 is 5.32 Å². The number of carbonyl (C=O) groups is 1. The summed E-state index contributed by atoms with van der Waals surface area (Å²) in [7, 11) is 0. The van der Waals surface area contributed by atoms with Gasteiger partial charge >= 0.3 is 0 Å². The summed E-state index contributed by atoms with van der Waals surface area (Å²) in [5, 5.41) is 6.99. The van der Waals surface area contributed by atoms with Gasteiger partial charge in [0.2, 0.25) is 5.91 Å². The van der Waals surface area contributed by atoms with Gasteiger partial charge in [0.05, 0.1) is 0 Å². The molecule has 2 aromatic rings. The predicted molar refractivity (Wildman–Crippen MR) is 77.5 cm³/mol. The molecule has 0 saturated heterocycles. The molecule has 0 aliphatic heterocycles. The highest BCUT2D eigenvalue weighted by Crippen LogP contribution is 2.18. The van der Waals surface area contributed by atoms with Gasteiger partial charge in [-0.1, -0.05) is 18.2 Å². The number of hydrogen-bond acceptors (Lipinski definition) is 4. The van der Waals surface area contributed by atoms with Gasteiger partial charge in [-0.25, -0.2) is 14.6 Å². The van der Waals surface area contributed by atoms with Gasteiger partial charge in [0.15, 0.2) is 5.82 Å². The van der Waals surface area contributed by atoms with Gasteiger partial charge in [0.1, 0.15) is 12.7 Å². The first kappa shape index (κ1) is 13.5. The Labute approximate surface area is 122 Å². The Hall–Kier alpha value is -2.50. The van der Waals surface area contributed by atoms with Crippen molar-refractivity contribution in [2.45, 2.75) is 25.8 Å². The van der Waals surface area contributed by atoms with Gasteiger partial charge in [-0.15, -0.1) is 0 Å². The van der Waals surface area contributed by atoms with Crippen LogP contribution in [-0.4, -0.2) is 25.7 Å². The van der Waals surface area contributed by atoms with E-state index in [1.54, 1.807) is 17.2 Å². The number of amides is 1. The molecule has 6 heteroatoms. The van der Waals surface area contributed by atoms with E-state index in [2.05, 4.69) is 32.5 Å². The molecule has 1 atom stereocenters. The normalized spacial score (nSPS) is 17.6. The zero-order valence-corrected chi connectivity index (χ0v) is 11.6. The van der Waals surface area contributed by atoms with Crippen LogP contribution in [0, 0.1) is 5.92 Å². The van der Waals surface area contributed by atoms with E-state index in [0.717, 1.165) is 24.8 Å². The maximum Gasteiger partial charge on any atom is 0.223 e. The lowest BCUT2D eigenvalue weighted by atomic mass is 9.93. The lowest BCUT2D eigenvalue weighted by molar-refractivity contribution is -0.125. The average molecular weight is 283 g/mol. The molecule has 1 aliphatic rings. The quantitative estimate of drug-likeness (QED) is 0.866. The van der Waals surface area contributed by atoms with Crippen LogP contribution in [0.5, 0.6) is 0 Å². The van der Waals surface area contributed by atoms with Crippen molar-refractivity contribution in [3.8, 4) is 5.82 Å². The van der Waals surface area contributed by atoms with E-state index in [4.69, 9.17) is 0 Å². The standard InChI is InChI=1S/C15H17N5O/c21-15(13-4-2-1-3-5-13)18-9-12-6-7-14(17-8-12)20-11-16-10-19-20/h1-2,6-8,10-11,13H,3-5,9H2,(H,18,21). The van der Waals surface area contributed by atoms with Gasteiger partial charge in [-0.3, -0.25) is 4.79 Å². The number of pyridine rings is 1. The molecule has 6 nitrogen and oxygen atoms in total. The molecule has 2 aromatic heterocycles. The molecule has 21 heavy (non-hydrogen) atoms. The molecule has 1 amide bonds. The van der Waals surface area contributed by atoms with E-state index >= 15 is 0 Å². The largest absolute Gasteiger partial charge is 0.352 e. The molecule has 0 bridgehead atoms. The Morgan fingerprint density at radius 3 is 3.00 bits per heavy atom. The summed E-state index contributed by atoms with van der Waals surface area (Å²) in [5.41, 5.74) is 0.971. The van der Waals surface area contributed by atoms with Crippen LogP contribution in [0.25, 0.3) is 5.82 Å². The average Bonchev–Trinajstić information content (AvgIpc) is 3.08. The number of nitrogens with one attached hydrogen (secondary N) is 1. The maximum atomic E-state index is 12.0. The van der Waals surface area contributed by atoms with Gasteiger partial charge in [0.25, 0.3) is 0 Å². The monoisotopic (exact) mass is 283 g/mol. The lowest BCUT2D eigenvalue weighted by Gasteiger charge is -2.17. The first-order chi connectivity index (χ1) is 10.3. The zero-order chi connectivity index (χ0) is 14.5. The number of carbonyl (C=O) groups excluding carboxylic acids is 1. The summed E-state index contributed by atoms with van der Waals surface area (Å²) < 4.78 is 1.59. The van der Waals surface area contributed by atoms with E-state index in [9.17, 15) is 4.79 Å². The summed E-state index contributed by atoms with van der Waals surface area (Å²) >= 11 is 0. The fourth-order valence-corrected chi connectivity index (χ4v) is 2.35. The van der Waals surface area contributed by atoms with Crippen molar-refractivity contribution in [1.29, 1.82) is 0 Å². The molecular weight excluding hydrogens is 266 g/mol. The number of rotatable bonds is 4. The molecule has 0 fully saturated rings. The van der Waals surface area contributed by atoms with Crippen LogP contribution in [0.3, 0.4) is 0 Å². The van der Waals surface area contributed by atoms with Crippen LogP contribution in [0.1, 0.15) is 24.8 Å². The highest BCUT2D eigenvalue weighted by molar-refractivity contribution is 5.78. The van der Waals surface area contributed by atoms with E-state index in [-0.39, 0.29) is 11.8 Å². The Kier molecular flexibility index (Phi) is 4.04. The number of nitrogens with zero attached hydrogens (tertiary/aromatic N) is 4. The fraction of sp³-hybridized carbons (Fsp3) is 0.333. The van der Waals surface area contributed by atoms with E-state index in [1.165, 1.54) is 6.33 Å². The summed E-state index contributed by atoms with van der Waals surface area (Å²) in [6.07, 6.45) is 11.8. The molecule has 0 radical (unpaired) electrons. The summed E-state index contributed by atoms with van der Waals surface area (Å²) in [6.45, 7) is 0.504. The smallest absolute Gasteiger partial charge is 0.223 e. The van der Waals surface area contributed by atoms with Gasteiger partial charge in [-0.2, -0.15) is 5.10 Å². The highest BCUT2D eigenvalue weighted by Gasteiger charge is 2.18. The topological polar surface area (TPSA) is 72.7 Å². The highest BCUT2D eigenvalue weighted by atomic mass is 16.1. The maximum absolute atomic E-state index is 12.0. The van der Waals surface area contributed by atoms with Gasteiger partial charge in [-0.05, 0) is 30.9 Å². The molecule has 0 saturated carbocycles. The van der Waals surface area contributed by atoms with Gasteiger partial charge in [0, 0.05) is 18.7 Å². The molecular formula is C15H17N5O.